The molecule has 0 aromatic heterocycles. The maximum atomic E-state index is 11.7. The molecule has 0 aromatic rings. The molecule has 4 nitrogen and oxygen atoms in total. The van der Waals surface area contributed by atoms with Gasteiger partial charge in [-0.1, -0.05) is 6.92 Å². The zero-order valence-electron chi connectivity index (χ0n) is 13.1. The van der Waals surface area contributed by atoms with E-state index in [1.54, 1.807) is 0 Å². The van der Waals surface area contributed by atoms with Crippen LogP contribution >= 0.6 is 0 Å². The van der Waals surface area contributed by atoms with Crippen LogP contribution in [0.1, 0.15) is 40.5 Å². The number of hydrogen-bond acceptors (Lipinski definition) is 4. The Kier molecular flexibility index (Phi) is 6.80. The minimum Gasteiger partial charge on any atom is -0.469 e. The molecule has 2 atom stereocenters. The van der Waals surface area contributed by atoms with Crippen molar-refractivity contribution in [2.75, 3.05) is 26.7 Å². The molecule has 0 radical (unpaired) electrons. The van der Waals surface area contributed by atoms with E-state index in [0.29, 0.717) is 6.04 Å². The molecule has 2 unspecified atom stereocenters. The first-order chi connectivity index (χ1) is 8.97. The van der Waals surface area contributed by atoms with Crippen molar-refractivity contribution in [2.24, 2.45) is 11.8 Å². The molecular formula is C15H30N2O2. The van der Waals surface area contributed by atoms with E-state index in [1.165, 1.54) is 20.0 Å². The predicted molar refractivity (Wildman–Crippen MR) is 78.1 cm³/mol. The number of carbonyl (C=O) groups is 1. The molecule has 4 heteroatoms. The molecule has 0 amide bonds. The van der Waals surface area contributed by atoms with Gasteiger partial charge in [0.2, 0.25) is 0 Å². The molecule has 0 bridgehead atoms. The van der Waals surface area contributed by atoms with Gasteiger partial charge in [0.05, 0.1) is 13.0 Å². The maximum Gasteiger partial charge on any atom is 0.309 e. The van der Waals surface area contributed by atoms with Gasteiger partial charge in [0, 0.05) is 18.6 Å². The summed E-state index contributed by atoms with van der Waals surface area (Å²) in [7, 11) is 1.47. The largest absolute Gasteiger partial charge is 0.469 e. The molecule has 0 saturated carbocycles. The van der Waals surface area contributed by atoms with E-state index in [2.05, 4.69) is 31.0 Å². The van der Waals surface area contributed by atoms with Gasteiger partial charge >= 0.3 is 5.97 Å². The van der Waals surface area contributed by atoms with Crippen molar-refractivity contribution in [1.82, 2.24) is 10.2 Å². The van der Waals surface area contributed by atoms with Crippen LogP contribution in [0.3, 0.4) is 0 Å². The minimum atomic E-state index is -0.108. The van der Waals surface area contributed by atoms with E-state index in [9.17, 15) is 4.79 Å². The first-order valence-electron chi connectivity index (χ1n) is 7.51. The molecule has 19 heavy (non-hydrogen) atoms. The third kappa shape index (κ3) is 4.77. The summed E-state index contributed by atoms with van der Waals surface area (Å²) >= 11 is 0. The summed E-state index contributed by atoms with van der Waals surface area (Å²) in [6, 6.07) is 0.680. The normalized spacial score (nSPS) is 20.6. The first-order valence-corrected chi connectivity index (χ1v) is 7.51. The average molecular weight is 270 g/mol. The van der Waals surface area contributed by atoms with Gasteiger partial charge < -0.3 is 10.1 Å². The van der Waals surface area contributed by atoms with Crippen LogP contribution in [-0.2, 0) is 9.53 Å². The summed E-state index contributed by atoms with van der Waals surface area (Å²) in [5.41, 5.74) is 0. The third-order valence-electron chi connectivity index (χ3n) is 4.41. The quantitative estimate of drug-likeness (QED) is 0.749. The summed E-state index contributed by atoms with van der Waals surface area (Å²) < 4.78 is 4.88. The lowest BCUT2D eigenvalue weighted by atomic mass is 9.94. The summed E-state index contributed by atoms with van der Waals surface area (Å²) in [6.07, 6.45) is 2.48. The lowest BCUT2D eigenvalue weighted by Crippen LogP contribution is -2.48. The number of hydrogen-bond donors (Lipinski definition) is 1. The highest BCUT2D eigenvalue weighted by Crippen LogP contribution is 2.21. The SMILES string of the molecule is COC(=O)C(C)C(C)N(CC1CCNCC1)C(C)C. The predicted octanol–water partition coefficient (Wildman–Crippen LogP) is 1.89. The summed E-state index contributed by atoms with van der Waals surface area (Å²) in [4.78, 5) is 14.2. The second-order valence-electron chi connectivity index (χ2n) is 6.04. The van der Waals surface area contributed by atoms with Gasteiger partial charge in [-0.3, -0.25) is 9.69 Å². The second-order valence-corrected chi connectivity index (χ2v) is 6.04. The Morgan fingerprint density at radius 2 is 1.84 bits per heavy atom. The molecule has 1 aliphatic heterocycles. The van der Waals surface area contributed by atoms with E-state index in [1.807, 2.05) is 6.92 Å². The van der Waals surface area contributed by atoms with Gasteiger partial charge in [-0.15, -0.1) is 0 Å². The molecule has 1 aliphatic rings. The zero-order chi connectivity index (χ0) is 14.4. The molecule has 1 N–H and O–H groups in total. The van der Waals surface area contributed by atoms with Crippen molar-refractivity contribution >= 4 is 5.97 Å². The van der Waals surface area contributed by atoms with Crippen LogP contribution in [0.2, 0.25) is 0 Å². The molecule has 0 aliphatic carbocycles. The van der Waals surface area contributed by atoms with Crippen molar-refractivity contribution in [2.45, 2.75) is 52.6 Å². The topological polar surface area (TPSA) is 41.6 Å². The molecule has 0 spiro atoms. The Bertz CT molecular complexity index is 275. The molecular weight excluding hydrogens is 240 g/mol. The van der Waals surface area contributed by atoms with E-state index in [0.717, 1.165) is 25.6 Å². The van der Waals surface area contributed by atoms with Crippen molar-refractivity contribution in [3.8, 4) is 0 Å². The van der Waals surface area contributed by atoms with E-state index < -0.39 is 0 Å². The number of rotatable bonds is 6. The number of esters is 1. The van der Waals surface area contributed by atoms with Crippen molar-refractivity contribution in [3.63, 3.8) is 0 Å². The van der Waals surface area contributed by atoms with Crippen LogP contribution in [0.25, 0.3) is 0 Å². The van der Waals surface area contributed by atoms with Crippen LogP contribution in [0.15, 0.2) is 0 Å². The van der Waals surface area contributed by atoms with Gasteiger partial charge in [0.1, 0.15) is 0 Å². The maximum absolute atomic E-state index is 11.7. The monoisotopic (exact) mass is 270 g/mol. The van der Waals surface area contributed by atoms with Gasteiger partial charge in [0.15, 0.2) is 0 Å². The minimum absolute atomic E-state index is 0.0749. The van der Waals surface area contributed by atoms with Gasteiger partial charge in [-0.05, 0) is 52.6 Å². The fourth-order valence-corrected chi connectivity index (χ4v) is 2.88. The lowest BCUT2D eigenvalue weighted by Gasteiger charge is -2.38. The summed E-state index contributed by atoms with van der Waals surface area (Å²) in [6.45, 7) is 11.9. The Balaban J connectivity index is 2.62. The zero-order valence-corrected chi connectivity index (χ0v) is 13.1. The molecule has 112 valence electrons. The summed E-state index contributed by atoms with van der Waals surface area (Å²) in [5, 5.41) is 3.40. The third-order valence-corrected chi connectivity index (χ3v) is 4.41. The van der Waals surface area contributed by atoms with Crippen LogP contribution in [0, 0.1) is 11.8 Å². The van der Waals surface area contributed by atoms with Crippen LogP contribution in [-0.4, -0.2) is 49.7 Å². The highest BCUT2D eigenvalue weighted by atomic mass is 16.5. The highest BCUT2D eigenvalue weighted by Gasteiger charge is 2.29. The van der Waals surface area contributed by atoms with Crippen molar-refractivity contribution in [1.29, 1.82) is 0 Å². The molecule has 1 heterocycles. The Labute approximate surface area is 117 Å². The van der Waals surface area contributed by atoms with E-state index in [-0.39, 0.29) is 17.9 Å². The van der Waals surface area contributed by atoms with Crippen LogP contribution in [0.5, 0.6) is 0 Å². The van der Waals surface area contributed by atoms with Crippen molar-refractivity contribution in [3.05, 3.63) is 0 Å². The summed E-state index contributed by atoms with van der Waals surface area (Å²) in [5.74, 6) is 0.563. The van der Waals surface area contributed by atoms with Crippen LogP contribution < -0.4 is 5.32 Å². The van der Waals surface area contributed by atoms with Crippen molar-refractivity contribution < 1.29 is 9.53 Å². The van der Waals surface area contributed by atoms with E-state index >= 15 is 0 Å². The van der Waals surface area contributed by atoms with Crippen LogP contribution in [0.4, 0.5) is 0 Å². The number of carbonyl (C=O) groups excluding carboxylic acids is 1. The number of ether oxygens (including phenoxy) is 1. The van der Waals surface area contributed by atoms with Gasteiger partial charge in [0.25, 0.3) is 0 Å². The number of methoxy groups -OCH3 is 1. The molecule has 1 fully saturated rings. The Morgan fingerprint density at radius 1 is 1.26 bits per heavy atom. The molecule has 0 aromatic carbocycles. The number of nitrogens with zero attached hydrogens (tertiary/aromatic N) is 1. The van der Waals surface area contributed by atoms with Gasteiger partial charge in [-0.25, -0.2) is 0 Å². The highest BCUT2D eigenvalue weighted by molar-refractivity contribution is 5.72. The standard InChI is InChI=1S/C15H30N2O2/c1-11(2)17(10-14-6-8-16-9-7-14)13(4)12(3)15(18)19-5/h11-14,16H,6-10H2,1-5H3. The Hall–Kier alpha value is -0.610. The number of nitrogens with one attached hydrogen (secondary N) is 1. The molecule has 1 saturated heterocycles. The fraction of sp³-hybridized carbons (Fsp3) is 0.933. The second kappa shape index (κ2) is 7.85. The number of piperidine rings is 1. The van der Waals surface area contributed by atoms with Gasteiger partial charge in [-0.2, -0.15) is 0 Å². The van der Waals surface area contributed by atoms with E-state index in [4.69, 9.17) is 4.74 Å². The molecule has 1 rings (SSSR count). The average Bonchev–Trinajstić information content (AvgIpc) is 2.43. The Morgan fingerprint density at radius 3 is 2.32 bits per heavy atom. The lowest BCUT2D eigenvalue weighted by molar-refractivity contribution is -0.147. The smallest absolute Gasteiger partial charge is 0.309 e. The fourth-order valence-electron chi connectivity index (χ4n) is 2.88. The first kappa shape index (κ1) is 16.4.